The molecular formula is C70H62. The van der Waals surface area contributed by atoms with Gasteiger partial charge in [0.15, 0.2) is 0 Å². The van der Waals surface area contributed by atoms with E-state index in [0.29, 0.717) is 0 Å². The van der Waals surface area contributed by atoms with E-state index in [0.717, 1.165) is 0 Å². The summed E-state index contributed by atoms with van der Waals surface area (Å²) in [5, 5.41) is 0. The van der Waals surface area contributed by atoms with Crippen LogP contribution in [0.5, 0.6) is 0 Å². The van der Waals surface area contributed by atoms with Crippen LogP contribution in [-0.2, 0) is 21.7 Å². The Balaban J connectivity index is 0.819. The maximum absolute atomic E-state index is 2.52. The lowest BCUT2D eigenvalue weighted by atomic mass is 9.78. The first-order valence-corrected chi connectivity index (χ1v) is 25.6. The number of rotatable bonds is 4. The van der Waals surface area contributed by atoms with Crippen LogP contribution in [0.4, 0.5) is 0 Å². The number of hydrogen-bond acceptors (Lipinski definition) is 0. The van der Waals surface area contributed by atoms with Crippen molar-refractivity contribution in [3.8, 4) is 89.0 Å². The summed E-state index contributed by atoms with van der Waals surface area (Å²) in [7, 11) is 0. The van der Waals surface area contributed by atoms with E-state index < -0.39 is 0 Å². The molecule has 342 valence electrons. The Morgan fingerprint density at radius 1 is 0.214 bits per heavy atom. The molecule has 0 saturated heterocycles. The molecule has 0 bridgehead atoms. The van der Waals surface area contributed by atoms with Crippen LogP contribution in [0.1, 0.15) is 122 Å². The smallest absolute Gasteiger partial charge is 0.0159 e. The second kappa shape index (κ2) is 14.3. The predicted molar refractivity (Wildman–Crippen MR) is 297 cm³/mol. The molecule has 0 aromatic heterocycles. The van der Waals surface area contributed by atoms with E-state index in [9.17, 15) is 0 Å². The number of hydrogen-bond donors (Lipinski definition) is 0. The SMILES string of the molecule is Cc1c(C)c(-c2ccc3c(c2)C(C)(C)c2cc(-c4ccc5c(c4)C(C)(C)c4ccccc4-5)ccc2-3)c(C)c(C)c1-c1ccc2c(c1)C(C)(C)c1cc(-c3ccc4c(c3)C(C)(C)c3ccccc3-4)ccc1-2. The molecule has 0 heteroatoms. The fourth-order valence-electron chi connectivity index (χ4n) is 14.1. The topological polar surface area (TPSA) is 0 Å². The molecule has 9 aromatic rings. The molecule has 0 amide bonds. The van der Waals surface area contributed by atoms with Gasteiger partial charge in [-0.25, -0.2) is 0 Å². The van der Waals surface area contributed by atoms with E-state index in [1.54, 1.807) is 0 Å². The third-order valence-corrected chi connectivity index (χ3v) is 18.4. The second-order valence-electron chi connectivity index (χ2n) is 23.4. The third kappa shape index (κ3) is 5.65. The predicted octanol–water partition coefficient (Wildman–Crippen LogP) is 18.8. The Kier molecular flexibility index (Phi) is 8.79. The molecule has 4 aliphatic rings. The monoisotopic (exact) mass is 902 g/mol. The first kappa shape index (κ1) is 43.0. The van der Waals surface area contributed by atoms with Gasteiger partial charge >= 0.3 is 0 Å². The van der Waals surface area contributed by atoms with Crippen molar-refractivity contribution in [2.75, 3.05) is 0 Å². The zero-order chi connectivity index (χ0) is 48.6. The summed E-state index contributed by atoms with van der Waals surface area (Å²) < 4.78 is 0. The minimum absolute atomic E-state index is 0.0256. The Hall–Kier alpha value is -7.02. The van der Waals surface area contributed by atoms with Gasteiger partial charge < -0.3 is 0 Å². The largest absolute Gasteiger partial charge is 0.0619 e. The van der Waals surface area contributed by atoms with Crippen molar-refractivity contribution >= 4 is 0 Å². The zero-order valence-corrected chi connectivity index (χ0v) is 43.0. The van der Waals surface area contributed by atoms with Gasteiger partial charge in [0, 0.05) is 21.7 Å². The van der Waals surface area contributed by atoms with Crippen LogP contribution in [0.2, 0.25) is 0 Å². The summed E-state index contributed by atoms with van der Waals surface area (Å²) in [6.45, 7) is 28.6. The van der Waals surface area contributed by atoms with E-state index in [1.165, 1.54) is 156 Å². The highest BCUT2D eigenvalue weighted by Crippen LogP contribution is 2.56. The van der Waals surface area contributed by atoms with Gasteiger partial charge in [0.25, 0.3) is 0 Å². The normalized spacial score (nSPS) is 16.2. The molecular weight excluding hydrogens is 841 g/mol. The summed E-state index contributed by atoms with van der Waals surface area (Å²) >= 11 is 0. The maximum Gasteiger partial charge on any atom is 0.0159 e. The van der Waals surface area contributed by atoms with E-state index >= 15 is 0 Å². The molecule has 0 nitrogen and oxygen atoms in total. The molecule has 0 atom stereocenters. The van der Waals surface area contributed by atoms with Gasteiger partial charge in [0.1, 0.15) is 0 Å². The van der Waals surface area contributed by atoms with Crippen LogP contribution in [0.15, 0.2) is 158 Å². The summed E-state index contributed by atoms with van der Waals surface area (Å²) in [4.78, 5) is 0. The number of fused-ring (bicyclic) bond motifs is 12. The molecule has 0 unspecified atom stereocenters. The molecule has 9 aromatic carbocycles. The first-order valence-electron chi connectivity index (χ1n) is 25.6. The minimum atomic E-state index is -0.144. The van der Waals surface area contributed by atoms with Gasteiger partial charge in [0.2, 0.25) is 0 Å². The van der Waals surface area contributed by atoms with Crippen molar-refractivity contribution in [1.82, 2.24) is 0 Å². The van der Waals surface area contributed by atoms with Crippen molar-refractivity contribution in [3.05, 3.63) is 224 Å². The van der Waals surface area contributed by atoms with Crippen molar-refractivity contribution in [3.63, 3.8) is 0 Å². The fourth-order valence-corrected chi connectivity index (χ4v) is 14.1. The molecule has 13 rings (SSSR count). The maximum atomic E-state index is 2.52. The summed E-state index contributed by atoms with van der Waals surface area (Å²) in [5.41, 5.74) is 37.9. The van der Waals surface area contributed by atoms with Gasteiger partial charge in [-0.1, -0.05) is 177 Å². The van der Waals surface area contributed by atoms with Crippen LogP contribution in [-0.4, -0.2) is 0 Å². The Labute approximate surface area is 416 Å². The van der Waals surface area contributed by atoms with Crippen molar-refractivity contribution < 1.29 is 0 Å². The third-order valence-electron chi connectivity index (χ3n) is 18.4. The highest BCUT2D eigenvalue weighted by molar-refractivity contribution is 5.92. The Morgan fingerprint density at radius 3 is 0.686 bits per heavy atom. The molecule has 0 spiro atoms. The van der Waals surface area contributed by atoms with E-state index in [-0.39, 0.29) is 21.7 Å². The highest BCUT2D eigenvalue weighted by atomic mass is 14.4. The lowest BCUT2D eigenvalue weighted by molar-refractivity contribution is 0.659. The summed E-state index contributed by atoms with van der Waals surface area (Å²) in [6.07, 6.45) is 0. The standard InChI is InChI=1S/C70H62/c1-39-40(2)66(48-26-32-56-54-30-24-46(36-62(54)70(11,12)64(56)38-48)44-22-28-52-50-18-14-16-20-58(50)68(7,8)60(52)34-44)42(4)41(3)65(39)47-25-31-55-53-29-23-45(35-61(53)69(9,10)63(55)37-47)43-21-27-51-49-17-13-15-19-57(49)67(5,6)59(51)33-43/h13-38H,1-12H3. The van der Waals surface area contributed by atoms with Crippen LogP contribution in [0.3, 0.4) is 0 Å². The first-order chi connectivity index (χ1) is 33.4. The Bertz CT molecular complexity index is 3520. The van der Waals surface area contributed by atoms with Gasteiger partial charge in [-0.05, 0) is 220 Å². The van der Waals surface area contributed by atoms with Crippen LogP contribution in [0.25, 0.3) is 89.0 Å². The molecule has 70 heavy (non-hydrogen) atoms. The molecule has 0 N–H and O–H groups in total. The quantitative estimate of drug-likeness (QED) is 0.165. The van der Waals surface area contributed by atoms with Crippen molar-refractivity contribution in [1.29, 1.82) is 0 Å². The van der Waals surface area contributed by atoms with E-state index in [4.69, 9.17) is 0 Å². The Morgan fingerprint density at radius 2 is 0.414 bits per heavy atom. The van der Waals surface area contributed by atoms with Crippen molar-refractivity contribution in [2.45, 2.75) is 105 Å². The average Bonchev–Trinajstić information content (AvgIpc) is 3.92. The number of benzene rings is 9. The van der Waals surface area contributed by atoms with Crippen LogP contribution in [0, 0.1) is 27.7 Å². The van der Waals surface area contributed by atoms with Gasteiger partial charge in [0.05, 0.1) is 0 Å². The molecule has 0 saturated carbocycles. The summed E-state index contributed by atoms with van der Waals surface area (Å²) in [5.74, 6) is 0. The second-order valence-corrected chi connectivity index (χ2v) is 23.4. The molecule has 0 radical (unpaired) electrons. The highest BCUT2D eigenvalue weighted by Gasteiger charge is 2.40. The van der Waals surface area contributed by atoms with E-state index in [2.05, 4.69) is 241 Å². The lowest BCUT2D eigenvalue weighted by Gasteiger charge is -2.26. The van der Waals surface area contributed by atoms with Gasteiger partial charge in [-0.15, -0.1) is 0 Å². The van der Waals surface area contributed by atoms with Crippen LogP contribution >= 0.6 is 0 Å². The van der Waals surface area contributed by atoms with Crippen molar-refractivity contribution in [2.24, 2.45) is 0 Å². The van der Waals surface area contributed by atoms with Crippen LogP contribution < -0.4 is 0 Å². The van der Waals surface area contributed by atoms with Gasteiger partial charge in [-0.2, -0.15) is 0 Å². The molecule has 4 aliphatic carbocycles. The van der Waals surface area contributed by atoms with Gasteiger partial charge in [-0.3, -0.25) is 0 Å². The molecule has 0 aliphatic heterocycles. The zero-order valence-electron chi connectivity index (χ0n) is 43.0. The average molecular weight is 903 g/mol. The van der Waals surface area contributed by atoms with E-state index in [1.807, 2.05) is 0 Å². The minimum Gasteiger partial charge on any atom is -0.0619 e. The fraction of sp³-hybridized carbons (Fsp3) is 0.229. The lowest BCUT2D eigenvalue weighted by Crippen LogP contribution is -2.16. The molecule has 0 fully saturated rings. The molecule has 0 heterocycles. The summed E-state index contributed by atoms with van der Waals surface area (Å²) in [6, 6.07) is 61.2.